The van der Waals surface area contributed by atoms with Crippen molar-refractivity contribution in [2.75, 3.05) is 11.1 Å². The van der Waals surface area contributed by atoms with Crippen molar-refractivity contribution in [3.63, 3.8) is 0 Å². The Labute approximate surface area is 128 Å². The third kappa shape index (κ3) is 3.44. The maximum absolute atomic E-state index is 12.0. The van der Waals surface area contributed by atoms with E-state index in [0.29, 0.717) is 11.8 Å². The number of nitrogens with zero attached hydrogens (tertiary/aromatic N) is 3. The van der Waals surface area contributed by atoms with Crippen molar-refractivity contribution in [1.29, 1.82) is 0 Å². The molecule has 1 aliphatic rings. The minimum atomic E-state index is -0.0198. The number of hydrogen-bond donors (Lipinski definition) is 1. The molecule has 1 N–H and O–H groups in total. The van der Waals surface area contributed by atoms with Crippen LogP contribution in [-0.2, 0) is 4.79 Å². The molecular formula is C15H18N4OS. The molecule has 110 valence electrons. The van der Waals surface area contributed by atoms with E-state index in [4.69, 9.17) is 0 Å². The predicted molar refractivity (Wildman–Crippen MR) is 83.6 cm³/mol. The number of rotatable bonds is 5. The van der Waals surface area contributed by atoms with Crippen LogP contribution in [0.3, 0.4) is 0 Å². The second-order valence-electron chi connectivity index (χ2n) is 5.34. The van der Waals surface area contributed by atoms with Crippen LogP contribution >= 0.6 is 11.8 Å². The summed E-state index contributed by atoms with van der Waals surface area (Å²) < 4.78 is 2.14. The molecule has 2 aromatic rings. The molecule has 3 rings (SSSR count). The fourth-order valence-corrected chi connectivity index (χ4v) is 3.10. The lowest BCUT2D eigenvalue weighted by Crippen LogP contribution is -2.14. The van der Waals surface area contributed by atoms with E-state index in [1.54, 1.807) is 0 Å². The van der Waals surface area contributed by atoms with E-state index >= 15 is 0 Å². The smallest absolute Gasteiger partial charge is 0.234 e. The van der Waals surface area contributed by atoms with Gasteiger partial charge in [-0.05, 0) is 44.4 Å². The quantitative estimate of drug-likeness (QED) is 0.863. The van der Waals surface area contributed by atoms with Crippen LogP contribution in [0, 0.1) is 13.8 Å². The van der Waals surface area contributed by atoms with Gasteiger partial charge in [0.25, 0.3) is 0 Å². The summed E-state index contributed by atoms with van der Waals surface area (Å²) in [7, 11) is 0. The second-order valence-corrected chi connectivity index (χ2v) is 6.28. The topological polar surface area (TPSA) is 59.8 Å². The van der Waals surface area contributed by atoms with Crippen LogP contribution in [0.15, 0.2) is 29.4 Å². The summed E-state index contributed by atoms with van der Waals surface area (Å²) in [4.78, 5) is 12.0. The highest BCUT2D eigenvalue weighted by Crippen LogP contribution is 2.38. The van der Waals surface area contributed by atoms with E-state index in [0.717, 1.165) is 22.2 Å². The van der Waals surface area contributed by atoms with E-state index in [9.17, 15) is 4.79 Å². The Morgan fingerprint density at radius 2 is 2.19 bits per heavy atom. The monoisotopic (exact) mass is 302 g/mol. The van der Waals surface area contributed by atoms with Crippen molar-refractivity contribution in [1.82, 2.24) is 14.8 Å². The normalized spacial score (nSPS) is 14.2. The number of hydrogen-bond acceptors (Lipinski definition) is 4. The highest BCUT2D eigenvalue weighted by atomic mass is 32.2. The summed E-state index contributed by atoms with van der Waals surface area (Å²) in [5, 5.41) is 12.0. The van der Waals surface area contributed by atoms with Crippen LogP contribution in [0.2, 0.25) is 0 Å². The van der Waals surface area contributed by atoms with Gasteiger partial charge in [-0.2, -0.15) is 0 Å². The summed E-state index contributed by atoms with van der Waals surface area (Å²) in [6, 6.07) is 8.32. The maximum atomic E-state index is 12.0. The molecule has 1 aromatic carbocycles. The molecule has 0 aliphatic heterocycles. The van der Waals surface area contributed by atoms with E-state index in [1.165, 1.54) is 24.6 Å². The fourth-order valence-electron chi connectivity index (χ4n) is 2.25. The number of amides is 1. The first-order chi connectivity index (χ1) is 10.1. The molecule has 5 nitrogen and oxygen atoms in total. The Morgan fingerprint density at radius 1 is 1.38 bits per heavy atom. The van der Waals surface area contributed by atoms with E-state index < -0.39 is 0 Å². The summed E-state index contributed by atoms with van der Waals surface area (Å²) in [5.74, 6) is 1.26. The largest absolute Gasteiger partial charge is 0.325 e. The van der Waals surface area contributed by atoms with Crippen molar-refractivity contribution in [2.24, 2.45) is 0 Å². The average Bonchev–Trinajstić information content (AvgIpc) is 3.20. The van der Waals surface area contributed by atoms with Gasteiger partial charge >= 0.3 is 0 Å². The molecule has 0 bridgehead atoms. The zero-order valence-corrected chi connectivity index (χ0v) is 13.0. The van der Waals surface area contributed by atoms with Gasteiger partial charge in [-0.1, -0.05) is 23.9 Å². The summed E-state index contributed by atoms with van der Waals surface area (Å²) in [6.45, 7) is 3.97. The van der Waals surface area contributed by atoms with E-state index in [1.807, 2.05) is 38.1 Å². The van der Waals surface area contributed by atoms with Crippen molar-refractivity contribution in [3.8, 4) is 0 Å². The first-order valence-corrected chi connectivity index (χ1v) is 8.03. The Hall–Kier alpha value is -1.82. The molecular weight excluding hydrogens is 284 g/mol. The SMILES string of the molecule is Cc1cccc(NC(=O)CSc2nnc(C)n2C2CC2)c1. The van der Waals surface area contributed by atoms with Gasteiger partial charge in [0.15, 0.2) is 5.16 Å². The van der Waals surface area contributed by atoms with E-state index in [-0.39, 0.29) is 5.91 Å². The highest BCUT2D eigenvalue weighted by molar-refractivity contribution is 7.99. The lowest BCUT2D eigenvalue weighted by atomic mass is 10.2. The van der Waals surface area contributed by atoms with Crippen LogP contribution in [0.5, 0.6) is 0 Å². The number of aromatic nitrogens is 3. The van der Waals surface area contributed by atoms with Crippen molar-refractivity contribution < 1.29 is 4.79 Å². The number of thioether (sulfide) groups is 1. The van der Waals surface area contributed by atoms with Crippen LogP contribution in [0.25, 0.3) is 0 Å². The number of aryl methyl sites for hydroxylation is 2. The molecule has 6 heteroatoms. The molecule has 1 aliphatic carbocycles. The Kier molecular flexibility index (Phi) is 3.96. The van der Waals surface area contributed by atoms with Gasteiger partial charge in [-0.3, -0.25) is 4.79 Å². The summed E-state index contributed by atoms with van der Waals surface area (Å²) >= 11 is 1.45. The van der Waals surface area contributed by atoms with Gasteiger partial charge < -0.3 is 9.88 Å². The van der Waals surface area contributed by atoms with Gasteiger partial charge in [-0.15, -0.1) is 10.2 Å². The molecule has 1 heterocycles. The van der Waals surface area contributed by atoms with Crippen molar-refractivity contribution in [3.05, 3.63) is 35.7 Å². The molecule has 0 spiro atoms. The molecule has 1 saturated carbocycles. The van der Waals surface area contributed by atoms with Crippen LogP contribution in [0.4, 0.5) is 5.69 Å². The lowest BCUT2D eigenvalue weighted by Gasteiger charge is -2.07. The summed E-state index contributed by atoms with van der Waals surface area (Å²) in [6.07, 6.45) is 2.36. The van der Waals surface area contributed by atoms with Gasteiger partial charge in [0.05, 0.1) is 5.75 Å². The molecule has 1 amide bonds. The molecule has 0 saturated heterocycles. The Balaban J connectivity index is 1.59. The minimum Gasteiger partial charge on any atom is -0.325 e. The number of nitrogens with one attached hydrogen (secondary N) is 1. The standard InChI is InChI=1S/C15H18N4OS/c1-10-4-3-5-12(8-10)16-14(20)9-21-15-18-17-11(2)19(15)13-6-7-13/h3-5,8,13H,6-7,9H2,1-2H3,(H,16,20). The molecule has 0 atom stereocenters. The number of carbonyl (C=O) groups excluding carboxylic acids is 1. The Morgan fingerprint density at radius 3 is 2.90 bits per heavy atom. The highest BCUT2D eigenvalue weighted by Gasteiger charge is 2.28. The molecule has 21 heavy (non-hydrogen) atoms. The van der Waals surface area contributed by atoms with Crippen molar-refractivity contribution >= 4 is 23.4 Å². The predicted octanol–water partition coefficient (Wildman–Crippen LogP) is 2.96. The first-order valence-electron chi connectivity index (χ1n) is 7.04. The Bertz CT molecular complexity index is 663. The second kappa shape index (κ2) is 5.89. The lowest BCUT2D eigenvalue weighted by molar-refractivity contribution is -0.113. The summed E-state index contributed by atoms with van der Waals surface area (Å²) in [5.41, 5.74) is 1.96. The van der Waals surface area contributed by atoms with Crippen molar-refractivity contribution in [2.45, 2.75) is 37.9 Å². The van der Waals surface area contributed by atoms with Gasteiger partial charge in [0.1, 0.15) is 5.82 Å². The first kappa shape index (κ1) is 14.1. The maximum Gasteiger partial charge on any atom is 0.234 e. The van der Waals surface area contributed by atoms with Crippen LogP contribution in [-0.4, -0.2) is 26.4 Å². The van der Waals surface area contributed by atoms with Gasteiger partial charge in [-0.25, -0.2) is 0 Å². The molecule has 1 aromatic heterocycles. The average molecular weight is 302 g/mol. The van der Waals surface area contributed by atoms with Gasteiger partial charge in [0, 0.05) is 11.7 Å². The molecule has 0 radical (unpaired) electrons. The zero-order chi connectivity index (χ0) is 14.8. The van der Waals surface area contributed by atoms with Crippen LogP contribution in [0.1, 0.15) is 30.3 Å². The van der Waals surface area contributed by atoms with Gasteiger partial charge in [0.2, 0.25) is 5.91 Å². The number of carbonyl (C=O) groups is 1. The van der Waals surface area contributed by atoms with E-state index in [2.05, 4.69) is 20.1 Å². The zero-order valence-electron chi connectivity index (χ0n) is 12.2. The molecule has 0 unspecified atom stereocenters. The third-order valence-corrected chi connectivity index (χ3v) is 4.32. The van der Waals surface area contributed by atoms with Crippen LogP contribution < -0.4 is 5.32 Å². The fraction of sp³-hybridized carbons (Fsp3) is 0.400. The molecule has 1 fully saturated rings. The number of benzene rings is 1. The number of anilines is 1. The third-order valence-electron chi connectivity index (χ3n) is 3.38. The minimum absolute atomic E-state index is 0.0198.